The van der Waals surface area contributed by atoms with Gasteiger partial charge in [0, 0.05) is 27.5 Å². The Balaban J connectivity index is 2.43. The molecular formula is C20H17ClN2O3. The highest BCUT2D eigenvalue weighted by atomic mass is 35.5. The molecule has 0 fully saturated rings. The Labute approximate surface area is 156 Å². The van der Waals surface area contributed by atoms with E-state index in [1.807, 2.05) is 12.1 Å². The van der Waals surface area contributed by atoms with Crippen molar-refractivity contribution in [1.29, 1.82) is 5.26 Å². The average molecular weight is 369 g/mol. The maximum Gasteiger partial charge on any atom is 0.350 e. The van der Waals surface area contributed by atoms with Crippen LogP contribution < -0.4 is 5.32 Å². The SMILES string of the molecule is CCOC(=O)/C(C#N)=C(\C)Nc1ccc(Cl)cc1C(=O)c1ccccc1. The summed E-state index contributed by atoms with van der Waals surface area (Å²) in [5.74, 6) is -0.942. The largest absolute Gasteiger partial charge is 0.462 e. The minimum Gasteiger partial charge on any atom is -0.462 e. The lowest BCUT2D eigenvalue weighted by Gasteiger charge is -2.13. The van der Waals surface area contributed by atoms with E-state index in [2.05, 4.69) is 5.32 Å². The first-order valence-electron chi connectivity index (χ1n) is 7.92. The summed E-state index contributed by atoms with van der Waals surface area (Å²) in [5, 5.41) is 12.6. The molecule has 0 amide bonds. The van der Waals surface area contributed by atoms with Crippen LogP contribution in [0.15, 0.2) is 59.8 Å². The average Bonchev–Trinajstić information content (AvgIpc) is 2.64. The summed E-state index contributed by atoms with van der Waals surface area (Å²) in [7, 11) is 0. The van der Waals surface area contributed by atoms with Gasteiger partial charge < -0.3 is 10.1 Å². The van der Waals surface area contributed by atoms with Gasteiger partial charge in [-0.2, -0.15) is 5.26 Å². The summed E-state index contributed by atoms with van der Waals surface area (Å²) < 4.78 is 4.87. The zero-order valence-electron chi connectivity index (χ0n) is 14.4. The van der Waals surface area contributed by atoms with Crippen molar-refractivity contribution in [3.05, 3.63) is 76.0 Å². The highest BCUT2D eigenvalue weighted by molar-refractivity contribution is 6.31. The fraction of sp³-hybridized carbons (Fsp3) is 0.150. The van der Waals surface area contributed by atoms with Crippen LogP contribution in [0, 0.1) is 11.3 Å². The Kier molecular flexibility index (Phi) is 6.54. The van der Waals surface area contributed by atoms with Crippen LogP contribution in [0.25, 0.3) is 0 Å². The smallest absolute Gasteiger partial charge is 0.350 e. The number of benzene rings is 2. The Hall–Kier alpha value is -3.10. The number of anilines is 1. The molecule has 0 radical (unpaired) electrons. The number of carbonyl (C=O) groups excluding carboxylic acids is 2. The second-order valence-corrected chi connectivity index (χ2v) is 5.78. The van der Waals surface area contributed by atoms with E-state index in [0.29, 0.717) is 21.8 Å². The van der Waals surface area contributed by atoms with E-state index in [0.717, 1.165) is 0 Å². The molecule has 26 heavy (non-hydrogen) atoms. The van der Waals surface area contributed by atoms with Crippen molar-refractivity contribution >= 4 is 29.0 Å². The van der Waals surface area contributed by atoms with Crippen molar-refractivity contribution in [1.82, 2.24) is 0 Å². The lowest BCUT2D eigenvalue weighted by atomic mass is 10.0. The monoisotopic (exact) mass is 368 g/mol. The van der Waals surface area contributed by atoms with E-state index in [1.54, 1.807) is 56.3 Å². The van der Waals surface area contributed by atoms with Gasteiger partial charge in [-0.05, 0) is 32.0 Å². The van der Waals surface area contributed by atoms with E-state index >= 15 is 0 Å². The topological polar surface area (TPSA) is 79.2 Å². The first kappa shape index (κ1) is 19.2. The molecule has 0 saturated heterocycles. The molecule has 1 N–H and O–H groups in total. The van der Waals surface area contributed by atoms with Gasteiger partial charge in [-0.25, -0.2) is 4.79 Å². The van der Waals surface area contributed by atoms with Crippen LogP contribution in [0.2, 0.25) is 5.02 Å². The third-order valence-corrected chi connectivity index (χ3v) is 3.79. The lowest BCUT2D eigenvalue weighted by molar-refractivity contribution is -0.138. The molecule has 0 aromatic heterocycles. The Morgan fingerprint density at radius 1 is 1.19 bits per heavy atom. The van der Waals surface area contributed by atoms with Gasteiger partial charge in [-0.1, -0.05) is 41.9 Å². The van der Waals surface area contributed by atoms with Crippen LogP contribution in [0.1, 0.15) is 29.8 Å². The third kappa shape index (κ3) is 4.50. The lowest BCUT2D eigenvalue weighted by Crippen LogP contribution is -2.13. The highest BCUT2D eigenvalue weighted by Gasteiger charge is 2.18. The van der Waals surface area contributed by atoms with Gasteiger partial charge in [0.1, 0.15) is 6.07 Å². The molecular weight excluding hydrogens is 352 g/mol. The zero-order chi connectivity index (χ0) is 19.1. The predicted octanol–water partition coefficient (Wildman–Crippen LogP) is 4.34. The maximum atomic E-state index is 12.8. The second kappa shape index (κ2) is 8.84. The number of hydrogen-bond donors (Lipinski definition) is 1. The Bertz CT molecular complexity index is 899. The molecule has 2 rings (SSSR count). The number of nitrogens with zero attached hydrogens (tertiary/aromatic N) is 1. The van der Waals surface area contributed by atoms with E-state index in [4.69, 9.17) is 16.3 Å². The van der Waals surface area contributed by atoms with Gasteiger partial charge in [-0.3, -0.25) is 4.79 Å². The standard InChI is InChI=1S/C20H17ClN2O3/c1-3-26-20(25)17(12-22)13(2)23-18-10-9-15(21)11-16(18)19(24)14-7-5-4-6-8-14/h4-11,23H,3H2,1-2H3/b17-13+. The number of ketones is 1. The van der Waals surface area contributed by atoms with Crippen LogP contribution in [0.4, 0.5) is 5.69 Å². The minimum absolute atomic E-state index is 0.153. The molecule has 0 aliphatic heterocycles. The van der Waals surface area contributed by atoms with Gasteiger partial charge in [0.15, 0.2) is 11.4 Å². The van der Waals surface area contributed by atoms with Gasteiger partial charge in [0.05, 0.1) is 6.61 Å². The first-order chi connectivity index (χ1) is 12.5. The van der Waals surface area contributed by atoms with Gasteiger partial charge in [-0.15, -0.1) is 0 Å². The van der Waals surface area contributed by atoms with Crippen LogP contribution in [-0.2, 0) is 9.53 Å². The van der Waals surface area contributed by atoms with Crippen molar-refractivity contribution in [2.45, 2.75) is 13.8 Å². The number of hydrogen-bond acceptors (Lipinski definition) is 5. The van der Waals surface area contributed by atoms with E-state index in [-0.39, 0.29) is 23.7 Å². The fourth-order valence-electron chi connectivity index (χ4n) is 2.31. The number of allylic oxidation sites excluding steroid dienone is 1. The summed E-state index contributed by atoms with van der Waals surface area (Å²) in [6.07, 6.45) is 0. The minimum atomic E-state index is -0.718. The highest BCUT2D eigenvalue weighted by Crippen LogP contribution is 2.25. The second-order valence-electron chi connectivity index (χ2n) is 5.34. The number of halogens is 1. The van der Waals surface area contributed by atoms with Crippen molar-refractivity contribution < 1.29 is 14.3 Å². The molecule has 0 unspecified atom stereocenters. The molecule has 0 spiro atoms. The van der Waals surface area contributed by atoms with Gasteiger partial charge in [0.2, 0.25) is 0 Å². The number of esters is 1. The summed E-state index contributed by atoms with van der Waals surface area (Å²) in [5.41, 5.74) is 1.42. The van der Waals surface area contributed by atoms with E-state index < -0.39 is 5.97 Å². The molecule has 6 heteroatoms. The number of nitrogens with one attached hydrogen (secondary N) is 1. The molecule has 0 aliphatic carbocycles. The summed E-state index contributed by atoms with van der Waals surface area (Å²) >= 11 is 6.05. The van der Waals surface area contributed by atoms with Crippen LogP contribution in [0.5, 0.6) is 0 Å². The van der Waals surface area contributed by atoms with Crippen LogP contribution >= 0.6 is 11.6 Å². The van der Waals surface area contributed by atoms with Gasteiger partial charge in [0.25, 0.3) is 0 Å². The number of nitriles is 1. The van der Waals surface area contributed by atoms with E-state index in [9.17, 15) is 14.9 Å². The molecule has 2 aromatic rings. The Morgan fingerprint density at radius 3 is 2.50 bits per heavy atom. The zero-order valence-corrected chi connectivity index (χ0v) is 15.1. The molecule has 0 aliphatic rings. The predicted molar refractivity (Wildman–Crippen MR) is 99.9 cm³/mol. The first-order valence-corrected chi connectivity index (χ1v) is 8.30. The van der Waals surface area contributed by atoms with Gasteiger partial charge >= 0.3 is 5.97 Å². The summed E-state index contributed by atoms with van der Waals surface area (Å²) in [4.78, 5) is 24.7. The van der Waals surface area contributed by atoms with Crippen LogP contribution in [-0.4, -0.2) is 18.4 Å². The quantitative estimate of drug-likeness (QED) is 0.355. The molecule has 5 nitrogen and oxygen atoms in total. The fourth-order valence-corrected chi connectivity index (χ4v) is 2.48. The molecule has 0 bridgehead atoms. The number of carbonyl (C=O) groups is 2. The molecule has 132 valence electrons. The van der Waals surface area contributed by atoms with Crippen molar-refractivity contribution in [3.8, 4) is 6.07 Å². The molecule has 0 heterocycles. The molecule has 2 aromatic carbocycles. The summed E-state index contributed by atoms with van der Waals surface area (Å²) in [6, 6.07) is 15.4. The number of ether oxygens (including phenoxy) is 1. The summed E-state index contributed by atoms with van der Waals surface area (Å²) in [6.45, 7) is 3.39. The van der Waals surface area contributed by atoms with Crippen molar-refractivity contribution in [2.24, 2.45) is 0 Å². The molecule has 0 saturated carbocycles. The number of rotatable bonds is 6. The molecule has 0 atom stereocenters. The van der Waals surface area contributed by atoms with E-state index in [1.165, 1.54) is 0 Å². The van der Waals surface area contributed by atoms with Crippen LogP contribution in [0.3, 0.4) is 0 Å². The Morgan fingerprint density at radius 2 is 1.88 bits per heavy atom. The van der Waals surface area contributed by atoms with Crippen molar-refractivity contribution in [2.75, 3.05) is 11.9 Å². The third-order valence-electron chi connectivity index (χ3n) is 3.55. The maximum absolute atomic E-state index is 12.8. The normalized spacial score (nSPS) is 11.2. The van der Waals surface area contributed by atoms with Crippen molar-refractivity contribution in [3.63, 3.8) is 0 Å².